The molecule has 36 heavy (non-hydrogen) atoms. The number of anilines is 2. The first-order valence-electron chi connectivity index (χ1n) is 10.4. The molecule has 0 saturated heterocycles. The summed E-state index contributed by atoms with van der Waals surface area (Å²) in [6.45, 7) is -0.419. The molecule has 8 nitrogen and oxygen atoms in total. The molecule has 1 heterocycles. The molecule has 0 spiro atoms. The van der Waals surface area contributed by atoms with Crippen LogP contribution in [-0.2, 0) is 16.6 Å². The molecule has 0 atom stereocenters. The summed E-state index contributed by atoms with van der Waals surface area (Å²) < 4.78 is 58.2. The van der Waals surface area contributed by atoms with E-state index in [4.69, 9.17) is 28.3 Å². The first-order valence-corrected chi connectivity index (χ1v) is 12.6. The first-order chi connectivity index (χ1) is 17.1. The third-order valence-electron chi connectivity index (χ3n) is 5.14. The maximum atomic E-state index is 15.5. The zero-order valence-corrected chi connectivity index (χ0v) is 20.6. The summed E-state index contributed by atoms with van der Waals surface area (Å²) in [5.41, 5.74) is -0.303. The lowest BCUT2D eigenvalue weighted by molar-refractivity contribution is 0.281. The van der Waals surface area contributed by atoms with Gasteiger partial charge in [-0.05, 0) is 47.5 Å². The third kappa shape index (κ3) is 5.20. The summed E-state index contributed by atoms with van der Waals surface area (Å²) in [6.07, 6.45) is 1.45. The fourth-order valence-electron chi connectivity index (χ4n) is 3.47. The molecule has 3 aromatic carbocycles. The largest absolute Gasteiger partial charge is 0.395 e. The molecule has 0 aliphatic rings. The highest BCUT2D eigenvalue weighted by atomic mass is 35.5. The molecule has 13 heteroatoms. The number of hydrogen-bond acceptors (Lipinski definition) is 7. The molecule has 0 saturated carbocycles. The third-order valence-corrected chi connectivity index (χ3v) is 7.30. The van der Waals surface area contributed by atoms with Gasteiger partial charge in [-0.15, -0.1) is 0 Å². The van der Waals surface area contributed by atoms with Gasteiger partial charge in [0, 0.05) is 23.2 Å². The summed E-state index contributed by atoms with van der Waals surface area (Å²) in [7, 11) is -4.47. The number of benzene rings is 3. The molecule has 4 N–H and O–H groups in total. The Labute approximate surface area is 214 Å². The summed E-state index contributed by atoms with van der Waals surface area (Å²) in [5.74, 6) is -1.79. The average Bonchev–Trinajstić information content (AvgIpc) is 2.85. The van der Waals surface area contributed by atoms with E-state index in [1.807, 2.05) is 0 Å². The molecule has 0 bridgehead atoms. The Morgan fingerprint density at radius 3 is 2.53 bits per heavy atom. The van der Waals surface area contributed by atoms with Crippen LogP contribution in [0.25, 0.3) is 22.0 Å². The van der Waals surface area contributed by atoms with Crippen LogP contribution in [0, 0.1) is 11.6 Å². The van der Waals surface area contributed by atoms with Gasteiger partial charge in [0.2, 0.25) is 5.95 Å². The topological polar surface area (TPSA) is 124 Å². The number of nitrogens with one attached hydrogen (secondary N) is 2. The van der Waals surface area contributed by atoms with Crippen LogP contribution in [0.3, 0.4) is 0 Å². The molecule has 188 valence electrons. The van der Waals surface area contributed by atoms with E-state index in [0.29, 0.717) is 10.9 Å². The fraction of sp³-hybridized carbons (Fsp3) is 0.130. The molecule has 0 radical (unpaired) electrons. The number of sulfonamides is 1. The Balaban J connectivity index is 1.73. The Bertz CT molecular complexity index is 1570. The van der Waals surface area contributed by atoms with Crippen molar-refractivity contribution < 1.29 is 27.4 Å². The zero-order valence-electron chi connectivity index (χ0n) is 18.3. The van der Waals surface area contributed by atoms with Crippen LogP contribution in [-0.4, -0.2) is 41.8 Å². The smallest absolute Gasteiger partial charge is 0.263 e. The molecule has 0 aliphatic heterocycles. The second-order valence-electron chi connectivity index (χ2n) is 7.54. The van der Waals surface area contributed by atoms with Crippen molar-refractivity contribution in [2.24, 2.45) is 0 Å². The van der Waals surface area contributed by atoms with Gasteiger partial charge in [-0.25, -0.2) is 27.2 Å². The van der Waals surface area contributed by atoms with Gasteiger partial charge in [0.05, 0.1) is 35.0 Å². The zero-order chi connectivity index (χ0) is 26.0. The summed E-state index contributed by atoms with van der Waals surface area (Å²) >= 11 is 12.0. The van der Waals surface area contributed by atoms with Crippen molar-refractivity contribution in [1.82, 2.24) is 9.97 Å². The minimum Gasteiger partial charge on any atom is -0.395 e. The second kappa shape index (κ2) is 10.5. The van der Waals surface area contributed by atoms with E-state index in [-0.39, 0.29) is 40.3 Å². The van der Waals surface area contributed by atoms with E-state index in [0.717, 1.165) is 18.2 Å². The van der Waals surface area contributed by atoms with E-state index in [1.165, 1.54) is 30.5 Å². The molecular formula is C23H18Cl2F2N4O4S. The SMILES string of the molecule is O=S(=O)(Nc1ccc(F)c(-c2ccc3nc(NCCO)ncc3c2)c1F)c1cc(Cl)cc(CO)c1Cl. The first kappa shape index (κ1) is 26.0. The Morgan fingerprint density at radius 2 is 1.81 bits per heavy atom. The summed E-state index contributed by atoms with van der Waals surface area (Å²) in [6, 6.07) is 8.67. The maximum absolute atomic E-state index is 15.5. The minimum atomic E-state index is -4.47. The normalized spacial score (nSPS) is 11.6. The van der Waals surface area contributed by atoms with Crippen molar-refractivity contribution in [1.29, 1.82) is 0 Å². The molecule has 4 aromatic rings. The molecule has 0 aliphatic carbocycles. The number of nitrogens with zero attached hydrogens (tertiary/aromatic N) is 2. The van der Waals surface area contributed by atoms with Gasteiger partial charge in [0.15, 0.2) is 5.82 Å². The quantitative estimate of drug-likeness (QED) is 0.251. The number of fused-ring (bicyclic) bond motifs is 1. The van der Waals surface area contributed by atoms with Crippen LogP contribution in [0.15, 0.2) is 53.6 Å². The highest BCUT2D eigenvalue weighted by molar-refractivity contribution is 7.92. The predicted octanol–water partition coefficient (Wildman–Crippen LogP) is 4.58. The van der Waals surface area contributed by atoms with Crippen LogP contribution in [0.5, 0.6) is 0 Å². The van der Waals surface area contributed by atoms with Gasteiger partial charge in [-0.3, -0.25) is 4.72 Å². The number of aromatic nitrogens is 2. The lowest BCUT2D eigenvalue weighted by atomic mass is 10.0. The van der Waals surface area contributed by atoms with Crippen molar-refractivity contribution in [2.75, 3.05) is 23.2 Å². The van der Waals surface area contributed by atoms with Crippen molar-refractivity contribution in [3.63, 3.8) is 0 Å². The Kier molecular flexibility index (Phi) is 7.57. The van der Waals surface area contributed by atoms with Crippen molar-refractivity contribution in [2.45, 2.75) is 11.5 Å². The van der Waals surface area contributed by atoms with Gasteiger partial charge in [0.1, 0.15) is 10.7 Å². The van der Waals surface area contributed by atoms with Crippen LogP contribution < -0.4 is 10.0 Å². The minimum absolute atomic E-state index is 0.00260. The van der Waals surface area contributed by atoms with Gasteiger partial charge in [0.25, 0.3) is 10.0 Å². The maximum Gasteiger partial charge on any atom is 0.263 e. The van der Waals surface area contributed by atoms with Crippen molar-refractivity contribution in [3.8, 4) is 11.1 Å². The monoisotopic (exact) mass is 554 g/mol. The molecule has 0 unspecified atom stereocenters. The van der Waals surface area contributed by atoms with Crippen LogP contribution >= 0.6 is 23.2 Å². The highest BCUT2D eigenvalue weighted by Crippen LogP contribution is 2.35. The average molecular weight is 555 g/mol. The van der Waals surface area contributed by atoms with Crippen molar-refractivity contribution >= 4 is 55.8 Å². The number of halogens is 4. The van der Waals surface area contributed by atoms with E-state index < -0.39 is 44.4 Å². The number of rotatable bonds is 8. The standard InChI is InChI=1S/C23H18Cl2F2N4O4S/c24-15-8-14(11-33)21(25)19(9-15)36(34,35)31-18-4-2-16(26)20(22(18)27)12-1-3-17-13(7-12)10-29-23(30-17)28-5-6-32/h1-4,7-10,31-33H,5-6,11H2,(H,28,29,30). The van der Waals surface area contributed by atoms with Crippen LogP contribution in [0.4, 0.5) is 20.4 Å². The molecule has 0 amide bonds. The van der Waals surface area contributed by atoms with Gasteiger partial charge in [-0.2, -0.15) is 0 Å². The van der Waals surface area contributed by atoms with Crippen LogP contribution in [0.1, 0.15) is 5.56 Å². The summed E-state index contributed by atoms with van der Waals surface area (Å²) in [4.78, 5) is 7.89. The Morgan fingerprint density at radius 1 is 1.03 bits per heavy atom. The van der Waals surface area contributed by atoms with E-state index in [9.17, 15) is 17.9 Å². The number of aliphatic hydroxyl groups is 2. The lowest BCUT2D eigenvalue weighted by Crippen LogP contribution is -2.15. The second-order valence-corrected chi connectivity index (χ2v) is 10.0. The number of aliphatic hydroxyl groups excluding tert-OH is 2. The van der Waals surface area contributed by atoms with Crippen LogP contribution in [0.2, 0.25) is 10.0 Å². The molecule has 0 fully saturated rings. The van der Waals surface area contributed by atoms with E-state index in [2.05, 4.69) is 20.0 Å². The lowest BCUT2D eigenvalue weighted by Gasteiger charge is -2.15. The molecule has 1 aromatic heterocycles. The summed E-state index contributed by atoms with van der Waals surface area (Å²) in [5, 5.41) is 21.3. The van der Waals surface area contributed by atoms with Crippen molar-refractivity contribution in [3.05, 3.63) is 75.9 Å². The van der Waals surface area contributed by atoms with Gasteiger partial charge < -0.3 is 15.5 Å². The van der Waals surface area contributed by atoms with E-state index >= 15 is 4.39 Å². The van der Waals surface area contributed by atoms with Gasteiger partial charge >= 0.3 is 0 Å². The number of hydrogen-bond donors (Lipinski definition) is 4. The van der Waals surface area contributed by atoms with Gasteiger partial charge in [-0.1, -0.05) is 29.3 Å². The predicted molar refractivity (Wildman–Crippen MR) is 134 cm³/mol. The van der Waals surface area contributed by atoms with E-state index in [1.54, 1.807) is 0 Å². The highest BCUT2D eigenvalue weighted by Gasteiger charge is 2.24. The fourth-order valence-corrected chi connectivity index (χ4v) is 5.45. The molecule has 4 rings (SSSR count). The Hall–Kier alpha value is -3.09. The molecular weight excluding hydrogens is 537 g/mol.